The number of nitrogen functional groups attached to an aromatic ring is 1. The molecule has 42 heavy (non-hydrogen) atoms. The number of nitrogens with zero attached hydrogens (tertiary/aromatic N) is 6. The van der Waals surface area contributed by atoms with E-state index in [-0.39, 0.29) is 46.7 Å². The van der Waals surface area contributed by atoms with Gasteiger partial charge in [0.1, 0.15) is 41.0 Å². The highest BCUT2D eigenvalue weighted by Gasteiger charge is 2.38. The molecule has 1 saturated heterocycles. The molecule has 13 heteroatoms. The predicted molar refractivity (Wildman–Crippen MR) is 146 cm³/mol. The van der Waals surface area contributed by atoms with Crippen LogP contribution >= 0.6 is 0 Å². The first-order chi connectivity index (χ1) is 20.2. The molecule has 2 aromatic carbocycles. The zero-order chi connectivity index (χ0) is 29.6. The number of amides is 1. The molecule has 3 heterocycles. The normalized spacial score (nSPS) is 18.1. The lowest BCUT2D eigenvalue weighted by Gasteiger charge is -2.33. The van der Waals surface area contributed by atoms with E-state index < -0.39 is 28.9 Å². The van der Waals surface area contributed by atoms with Crippen molar-refractivity contribution < 1.29 is 22.7 Å². The van der Waals surface area contributed by atoms with Crippen LogP contribution < -0.4 is 16.2 Å². The molecule has 1 saturated carbocycles. The van der Waals surface area contributed by atoms with E-state index >= 15 is 4.39 Å². The number of carbonyl (C=O) groups excluding carboxylic acids is 1. The number of nitriles is 1. The Morgan fingerprint density at radius 1 is 1.17 bits per heavy atom. The molecular weight excluding hydrogens is 549 g/mol. The summed E-state index contributed by atoms with van der Waals surface area (Å²) in [4.78, 5) is 23.2. The average molecular weight is 575 g/mol. The van der Waals surface area contributed by atoms with E-state index in [9.17, 15) is 18.8 Å². The largest absolute Gasteiger partial charge is 0.454 e. The first-order valence-corrected chi connectivity index (χ1v) is 13.3. The molecule has 6 rings (SSSR count). The van der Waals surface area contributed by atoms with Gasteiger partial charge >= 0.3 is 0 Å². The lowest BCUT2D eigenvalue weighted by Crippen LogP contribution is -2.42. The molecule has 0 unspecified atom stereocenters. The Morgan fingerprint density at radius 3 is 2.71 bits per heavy atom. The molecule has 0 bridgehead atoms. The monoisotopic (exact) mass is 574 g/mol. The van der Waals surface area contributed by atoms with Crippen LogP contribution in [0.25, 0.3) is 22.3 Å². The zero-order valence-electron chi connectivity index (χ0n) is 22.2. The van der Waals surface area contributed by atoms with Crippen molar-refractivity contribution in [3.8, 4) is 28.8 Å². The van der Waals surface area contributed by atoms with E-state index in [0.29, 0.717) is 30.4 Å². The maximum atomic E-state index is 15.5. The number of carbonyl (C=O) groups is 1. The molecule has 4 N–H and O–H groups in total. The Bertz CT molecular complexity index is 1790. The fourth-order valence-corrected chi connectivity index (χ4v) is 5.11. The molecule has 2 fully saturated rings. The molecule has 1 amide bonds. The number of nitrogens with two attached hydrogens (primary N) is 2. The smallest absolute Gasteiger partial charge is 0.264 e. The van der Waals surface area contributed by atoms with Crippen LogP contribution in [-0.2, 0) is 4.79 Å². The van der Waals surface area contributed by atoms with Gasteiger partial charge in [-0.1, -0.05) is 6.07 Å². The number of aromatic nitrogens is 4. The fraction of sp³-hybridized carbons (Fsp3) is 0.276. The maximum absolute atomic E-state index is 15.5. The molecule has 0 spiro atoms. The number of halogens is 3. The highest BCUT2D eigenvalue weighted by molar-refractivity contribution is 5.99. The molecule has 4 aromatic rings. The number of likely N-dealkylation sites (tertiary alicyclic amines) is 1. The SMILES string of the molecule is N#C/C(=C\C1(N)CC1)C(=O)N1CCC[C@@H](n2nc(-c3ccc(Oc4cccc(F)c4F)cc3F)c3c(N)ncnc32)C1. The minimum absolute atomic E-state index is 0.00994. The number of fused-ring (bicyclic) bond motifs is 1. The molecule has 1 atom stereocenters. The average Bonchev–Trinajstić information content (AvgIpc) is 3.58. The van der Waals surface area contributed by atoms with Crippen LogP contribution in [-0.4, -0.2) is 49.2 Å². The van der Waals surface area contributed by atoms with Crippen LogP contribution in [0.2, 0.25) is 0 Å². The second-order valence-electron chi connectivity index (χ2n) is 10.5. The molecule has 2 aliphatic rings. The summed E-state index contributed by atoms with van der Waals surface area (Å²) in [7, 11) is 0. The summed E-state index contributed by atoms with van der Waals surface area (Å²) < 4.78 is 50.1. The van der Waals surface area contributed by atoms with Gasteiger partial charge in [0.2, 0.25) is 5.82 Å². The number of hydrogen-bond acceptors (Lipinski definition) is 8. The summed E-state index contributed by atoms with van der Waals surface area (Å²) in [5.74, 6) is -3.80. The van der Waals surface area contributed by atoms with Gasteiger partial charge in [0, 0.05) is 30.3 Å². The molecule has 1 aliphatic heterocycles. The Kier molecular flexibility index (Phi) is 6.78. The highest BCUT2D eigenvalue weighted by atomic mass is 19.2. The molecule has 10 nitrogen and oxygen atoms in total. The van der Waals surface area contributed by atoms with Gasteiger partial charge in [0.05, 0.1) is 11.4 Å². The molecule has 2 aromatic heterocycles. The van der Waals surface area contributed by atoms with Crippen molar-refractivity contribution >= 4 is 22.8 Å². The van der Waals surface area contributed by atoms with E-state index in [1.54, 1.807) is 15.7 Å². The summed E-state index contributed by atoms with van der Waals surface area (Å²) in [6.45, 7) is 0.696. The van der Waals surface area contributed by atoms with Crippen LogP contribution in [0.3, 0.4) is 0 Å². The standard InChI is InChI=1S/C29H25F3N8O2/c30-20-4-1-5-22(24(20)32)42-18-6-7-19(21(31)11-18)25-23-26(34)36-15-37-27(23)40(38-25)17-3-2-10-39(14-17)28(41)16(13-33)12-29(35)8-9-29/h1,4-7,11-12,15,17H,2-3,8-10,14,35H2,(H2,34,36,37)/b16-12+/t17-/m1/s1. The first kappa shape index (κ1) is 27.2. The first-order valence-electron chi connectivity index (χ1n) is 13.3. The number of benzene rings is 2. The third kappa shape index (κ3) is 5.01. The summed E-state index contributed by atoms with van der Waals surface area (Å²) in [6.07, 6.45) is 5.55. The Balaban J connectivity index is 1.33. The van der Waals surface area contributed by atoms with Gasteiger partial charge in [-0.15, -0.1) is 0 Å². The summed E-state index contributed by atoms with van der Waals surface area (Å²) in [6, 6.07) is 8.91. The van der Waals surface area contributed by atoms with Gasteiger partial charge in [-0.25, -0.2) is 23.4 Å². The summed E-state index contributed by atoms with van der Waals surface area (Å²) in [5.41, 5.74) is 12.3. The quantitative estimate of drug-likeness (QED) is 0.254. The third-order valence-corrected chi connectivity index (χ3v) is 7.50. The number of anilines is 1. The fourth-order valence-electron chi connectivity index (χ4n) is 5.11. The minimum Gasteiger partial charge on any atom is -0.454 e. The van der Waals surface area contributed by atoms with Crippen LogP contribution in [0.1, 0.15) is 31.7 Å². The van der Waals surface area contributed by atoms with Crippen molar-refractivity contribution in [2.24, 2.45) is 5.73 Å². The lowest BCUT2D eigenvalue weighted by atomic mass is 10.0. The molecular formula is C29H25F3N8O2. The van der Waals surface area contributed by atoms with E-state index in [4.69, 9.17) is 16.2 Å². The number of hydrogen-bond donors (Lipinski definition) is 2. The van der Waals surface area contributed by atoms with Crippen LogP contribution in [0.4, 0.5) is 19.0 Å². The predicted octanol–water partition coefficient (Wildman–Crippen LogP) is 4.39. The number of rotatable bonds is 6. The zero-order valence-corrected chi connectivity index (χ0v) is 22.2. The highest BCUT2D eigenvalue weighted by Crippen LogP contribution is 2.38. The minimum atomic E-state index is -1.19. The van der Waals surface area contributed by atoms with Crippen LogP contribution in [0.5, 0.6) is 11.5 Å². The topological polar surface area (TPSA) is 149 Å². The summed E-state index contributed by atoms with van der Waals surface area (Å²) >= 11 is 0. The number of piperidine rings is 1. The van der Waals surface area contributed by atoms with Crippen LogP contribution in [0.15, 0.2) is 54.4 Å². The van der Waals surface area contributed by atoms with Gasteiger partial charge in [-0.05, 0) is 56.0 Å². The van der Waals surface area contributed by atoms with E-state index in [2.05, 4.69) is 15.1 Å². The molecule has 214 valence electrons. The van der Waals surface area contributed by atoms with Crippen molar-refractivity contribution in [2.45, 2.75) is 37.3 Å². The van der Waals surface area contributed by atoms with E-state index in [1.807, 2.05) is 6.07 Å². The van der Waals surface area contributed by atoms with Crippen molar-refractivity contribution in [2.75, 3.05) is 18.8 Å². The van der Waals surface area contributed by atoms with Crippen molar-refractivity contribution in [1.29, 1.82) is 5.26 Å². The third-order valence-electron chi connectivity index (χ3n) is 7.50. The Hall–Kier alpha value is -4.96. The second kappa shape index (κ2) is 10.5. The summed E-state index contributed by atoms with van der Waals surface area (Å²) in [5, 5.41) is 14.6. The van der Waals surface area contributed by atoms with Crippen molar-refractivity contribution in [3.63, 3.8) is 0 Å². The van der Waals surface area contributed by atoms with Gasteiger partial charge < -0.3 is 21.1 Å². The van der Waals surface area contributed by atoms with Crippen molar-refractivity contribution in [1.82, 2.24) is 24.6 Å². The van der Waals surface area contributed by atoms with Gasteiger partial charge in [0.15, 0.2) is 17.2 Å². The van der Waals surface area contributed by atoms with Crippen LogP contribution in [0, 0.1) is 28.8 Å². The Labute approximate surface area is 238 Å². The van der Waals surface area contributed by atoms with Gasteiger partial charge in [-0.2, -0.15) is 14.8 Å². The maximum Gasteiger partial charge on any atom is 0.264 e. The van der Waals surface area contributed by atoms with E-state index in [0.717, 1.165) is 25.0 Å². The second-order valence-corrected chi connectivity index (χ2v) is 10.5. The van der Waals surface area contributed by atoms with Crippen molar-refractivity contribution in [3.05, 3.63) is 71.8 Å². The number of ether oxygens (including phenoxy) is 1. The molecule has 0 radical (unpaired) electrons. The Morgan fingerprint density at radius 2 is 1.98 bits per heavy atom. The van der Waals surface area contributed by atoms with E-state index in [1.165, 1.54) is 30.6 Å². The molecule has 1 aliphatic carbocycles. The lowest BCUT2D eigenvalue weighted by molar-refractivity contribution is -0.128. The van der Waals surface area contributed by atoms with Gasteiger partial charge in [-0.3, -0.25) is 4.79 Å². The van der Waals surface area contributed by atoms with Gasteiger partial charge in [0.25, 0.3) is 5.91 Å².